The van der Waals surface area contributed by atoms with Gasteiger partial charge in [0.1, 0.15) is 17.7 Å². The summed E-state index contributed by atoms with van der Waals surface area (Å²) in [5.41, 5.74) is 1.14. The molecule has 0 saturated carbocycles. The first-order chi connectivity index (χ1) is 13.0. The average Bonchev–Trinajstić information content (AvgIpc) is 3.17. The number of thiazole rings is 1. The Bertz CT molecular complexity index is 662. The highest BCUT2D eigenvalue weighted by Gasteiger charge is 2.13. The van der Waals surface area contributed by atoms with Crippen LogP contribution in [0.1, 0.15) is 24.4 Å². The second kappa shape index (κ2) is 11.2. The van der Waals surface area contributed by atoms with Gasteiger partial charge in [0.05, 0.1) is 13.7 Å². The van der Waals surface area contributed by atoms with Crippen molar-refractivity contribution in [1.29, 1.82) is 0 Å². The highest BCUT2D eigenvalue weighted by atomic mass is 32.1. The molecule has 1 aromatic carbocycles. The number of methoxy groups -OCH3 is 1. The molecule has 6 nitrogen and oxygen atoms in total. The van der Waals surface area contributed by atoms with Crippen LogP contribution in [0.2, 0.25) is 0 Å². The number of hydrogen-bond acceptors (Lipinski definition) is 7. The van der Waals surface area contributed by atoms with Crippen LogP contribution in [0.5, 0.6) is 11.5 Å². The fraction of sp³-hybridized carbons (Fsp3) is 0.550. The van der Waals surface area contributed by atoms with Crippen molar-refractivity contribution in [2.75, 3.05) is 40.4 Å². The first-order valence-electron chi connectivity index (χ1n) is 9.32. The number of aromatic nitrogens is 1. The third kappa shape index (κ3) is 7.10. The average molecular weight is 394 g/mol. The Morgan fingerprint density at radius 1 is 1.19 bits per heavy atom. The van der Waals surface area contributed by atoms with Crippen LogP contribution in [0, 0.1) is 0 Å². The molecule has 7 heteroatoms. The van der Waals surface area contributed by atoms with Gasteiger partial charge in [-0.25, -0.2) is 4.98 Å². The summed E-state index contributed by atoms with van der Waals surface area (Å²) in [7, 11) is 3.71. The van der Waals surface area contributed by atoms with Crippen LogP contribution in [0.3, 0.4) is 0 Å². The van der Waals surface area contributed by atoms with Gasteiger partial charge in [-0.05, 0) is 37.8 Å². The standard InChI is InChI=1S/C20H31N3O3S/c1-5-23(6-2)13-17(24)15-26-18-8-7-16(11-19(18)25-4)12-22(3)14-20-21-9-10-27-20/h7-11,17,24H,5-6,12-15H2,1-4H3/t17-/m0/s1. The molecule has 2 rings (SSSR count). The summed E-state index contributed by atoms with van der Waals surface area (Å²) in [6.45, 7) is 8.47. The van der Waals surface area contributed by atoms with E-state index in [9.17, 15) is 5.11 Å². The summed E-state index contributed by atoms with van der Waals surface area (Å²) in [5, 5.41) is 13.3. The zero-order chi connectivity index (χ0) is 19.6. The third-order valence-electron chi connectivity index (χ3n) is 4.36. The summed E-state index contributed by atoms with van der Waals surface area (Å²) in [6, 6.07) is 5.94. The molecule has 0 unspecified atom stereocenters. The van der Waals surface area contributed by atoms with Crippen molar-refractivity contribution in [2.24, 2.45) is 0 Å². The fourth-order valence-corrected chi connectivity index (χ4v) is 3.57. The van der Waals surface area contributed by atoms with Gasteiger partial charge in [-0.3, -0.25) is 4.90 Å². The van der Waals surface area contributed by atoms with Gasteiger partial charge in [-0.15, -0.1) is 11.3 Å². The zero-order valence-electron chi connectivity index (χ0n) is 16.7. The Labute approximate surface area is 166 Å². The van der Waals surface area contributed by atoms with Gasteiger partial charge in [0, 0.05) is 24.7 Å². The monoisotopic (exact) mass is 393 g/mol. The van der Waals surface area contributed by atoms with Gasteiger partial charge in [0.2, 0.25) is 0 Å². The number of benzene rings is 1. The topological polar surface area (TPSA) is 58.1 Å². The van der Waals surface area contributed by atoms with E-state index in [0.29, 0.717) is 18.0 Å². The smallest absolute Gasteiger partial charge is 0.161 e. The SMILES string of the molecule is CCN(CC)C[C@H](O)COc1ccc(CN(C)Cc2nccs2)cc1OC. The maximum atomic E-state index is 10.2. The molecule has 0 aliphatic rings. The summed E-state index contributed by atoms with van der Waals surface area (Å²) in [6.07, 6.45) is 1.30. The first-order valence-corrected chi connectivity index (χ1v) is 10.2. The van der Waals surface area contributed by atoms with E-state index in [1.807, 2.05) is 29.8 Å². The molecule has 0 bridgehead atoms. The number of ether oxygens (including phenoxy) is 2. The Morgan fingerprint density at radius 2 is 1.96 bits per heavy atom. The number of hydrogen-bond donors (Lipinski definition) is 1. The van der Waals surface area contributed by atoms with Gasteiger partial charge in [-0.2, -0.15) is 0 Å². The summed E-state index contributed by atoms with van der Waals surface area (Å²) >= 11 is 1.66. The van der Waals surface area contributed by atoms with Crippen molar-refractivity contribution in [3.05, 3.63) is 40.3 Å². The number of aliphatic hydroxyl groups is 1. The lowest BCUT2D eigenvalue weighted by molar-refractivity contribution is 0.0705. The van der Waals surface area contributed by atoms with Crippen LogP contribution in [0.15, 0.2) is 29.8 Å². The van der Waals surface area contributed by atoms with Crippen molar-refractivity contribution in [3.8, 4) is 11.5 Å². The molecule has 0 radical (unpaired) electrons. The minimum Gasteiger partial charge on any atom is -0.493 e. The lowest BCUT2D eigenvalue weighted by Gasteiger charge is -2.22. The molecule has 1 N–H and O–H groups in total. The normalized spacial score (nSPS) is 12.6. The molecule has 27 heavy (non-hydrogen) atoms. The molecule has 150 valence electrons. The predicted molar refractivity (Wildman–Crippen MR) is 110 cm³/mol. The Kier molecular flexibility index (Phi) is 9.00. The summed E-state index contributed by atoms with van der Waals surface area (Å²) in [4.78, 5) is 8.71. The Balaban J connectivity index is 1.90. The molecule has 0 amide bonds. The van der Waals surface area contributed by atoms with E-state index >= 15 is 0 Å². The van der Waals surface area contributed by atoms with Gasteiger partial charge in [0.25, 0.3) is 0 Å². The molecule has 1 heterocycles. The van der Waals surface area contributed by atoms with E-state index in [2.05, 4.69) is 35.7 Å². The lowest BCUT2D eigenvalue weighted by Crippen LogP contribution is -2.35. The minimum atomic E-state index is -0.529. The highest BCUT2D eigenvalue weighted by Crippen LogP contribution is 2.29. The van der Waals surface area contributed by atoms with Gasteiger partial charge >= 0.3 is 0 Å². The highest BCUT2D eigenvalue weighted by molar-refractivity contribution is 7.09. The molecule has 0 spiro atoms. The first kappa shape index (κ1) is 21.6. The van der Waals surface area contributed by atoms with Gasteiger partial charge in [0.15, 0.2) is 11.5 Å². The predicted octanol–water partition coefficient (Wildman–Crippen LogP) is 2.87. The number of aliphatic hydroxyl groups excluding tert-OH is 1. The molecule has 1 atom stereocenters. The van der Waals surface area contributed by atoms with Gasteiger partial charge < -0.3 is 19.5 Å². The Hall–Kier alpha value is -1.67. The van der Waals surface area contributed by atoms with Crippen molar-refractivity contribution in [1.82, 2.24) is 14.8 Å². The van der Waals surface area contributed by atoms with E-state index in [1.54, 1.807) is 18.4 Å². The maximum Gasteiger partial charge on any atom is 0.161 e. The van der Waals surface area contributed by atoms with E-state index in [-0.39, 0.29) is 6.61 Å². The number of rotatable bonds is 12. The second-order valence-corrected chi connectivity index (χ2v) is 7.51. The number of nitrogens with zero attached hydrogens (tertiary/aromatic N) is 3. The fourth-order valence-electron chi connectivity index (χ4n) is 2.88. The zero-order valence-corrected chi connectivity index (χ0v) is 17.5. The molecule has 0 fully saturated rings. The van der Waals surface area contributed by atoms with Crippen LogP contribution >= 0.6 is 11.3 Å². The van der Waals surface area contributed by atoms with E-state index in [4.69, 9.17) is 9.47 Å². The van der Waals surface area contributed by atoms with Crippen LogP contribution in [0.25, 0.3) is 0 Å². The molecule has 1 aromatic heterocycles. The summed E-state index contributed by atoms with van der Waals surface area (Å²) in [5.74, 6) is 1.34. The van der Waals surface area contributed by atoms with Crippen molar-refractivity contribution < 1.29 is 14.6 Å². The number of likely N-dealkylation sites (N-methyl/N-ethyl adjacent to an activating group) is 1. The van der Waals surface area contributed by atoms with E-state index in [0.717, 1.165) is 36.8 Å². The van der Waals surface area contributed by atoms with Crippen LogP contribution in [0.4, 0.5) is 0 Å². The molecular weight excluding hydrogens is 362 g/mol. The molecule has 0 aliphatic carbocycles. The van der Waals surface area contributed by atoms with Crippen molar-refractivity contribution >= 4 is 11.3 Å². The van der Waals surface area contributed by atoms with Crippen LogP contribution < -0.4 is 9.47 Å². The largest absolute Gasteiger partial charge is 0.493 e. The Morgan fingerprint density at radius 3 is 2.59 bits per heavy atom. The van der Waals surface area contributed by atoms with Crippen molar-refractivity contribution in [2.45, 2.75) is 33.0 Å². The summed E-state index contributed by atoms with van der Waals surface area (Å²) < 4.78 is 11.3. The van der Waals surface area contributed by atoms with Gasteiger partial charge in [-0.1, -0.05) is 19.9 Å². The molecule has 2 aromatic rings. The quantitative estimate of drug-likeness (QED) is 0.598. The third-order valence-corrected chi connectivity index (χ3v) is 5.13. The van der Waals surface area contributed by atoms with E-state index < -0.39 is 6.10 Å². The van der Waals surface area contributed by atoms with Crippen molar-refractivity contribution in [3.63, 3.8) is 0 Å². The molecule has 0 saturated heterocycles. The maximum absolute atomic E-state index is 10.2. The lowest BCUT2D eigenvalue weighted by atomic mass is 10.2. The molecule has 0 aliphatic heterocycles. The molecular formula is C20H31N3O3S. The second-order valence-electron chi connectivity index (χ2n) is 6.53. The van der Waals surface area contributed by atoms with E-state index in [1.165, 1.54) is 0 Å². The van der Waals surface area contributed by atoms with Crippen LogP contribution in [-0.4, -0.2) is 66.4 Å². The minimum absolute atomic E-state index is 0.246. The van der Waals surface area contributed by atoms with Crippen LogP contribution in [-0.2, 0) is 13.1 Å².